The van der Waals surface area contributed by atoms with E-state index >= 15 is 0 Å². The average Bonchev–Trinajstić information content (AvgIpc) is 2.41. The number of nitrogens with zero attached hydrogens (tertiary/aromatic N) is 4. The standard InChI is InChI=1S/C14H21ClN4O2/c1-13(20-3)6-18(7-13)11-10(15)5-16-12(17-11)19-8-14(2,9-19)21-4/h5H,6-9H2,1-4H3. The third kappa shape index (κ3) is 2.56. The number of hydrogen-bond acceptors (Lipinski definition) is 6. The van der Waals surface area contributed by atoms with Gasteiger partial charge in [-0.1, -0.05) is 11.6 Å². The van der Waals surface area contributed by atoms with Crippen LogP contribution in [0.1, 0.15) is 13.8 Å². The maximum Gasteiger partial charge on any atom is 0.227 e. The van der Waals surface area contributed by atoms with Crippen molar-refractivity contribution in [1.82, 2.24) is 9.97 Å². The number of ether oxygens (including phenoxy) is 2. The third-order valence-electron chi connectivity index (χ3n) is 4.38. The molecule has 6 nitrogen and oxygen atoms in total. The molecule has 7 heteroatoms. The third-order valence-corrected chi connectivity index (χ3v) is 4.65. The van der Waals surface area contributed by atoms with E-state index in [1.54, 1.807) is 20.4 Å². The molecular weight excluding hydrogens is 292 g/mol. The van der Waals surface area contributed by atoms with E-state index < -0.39 is 0 Å². The molecule has 1 aromatic heterocycles. The van der Waals surface area contributed by atoms with Crippen molar-refractivity contribution >= 4 is 23.4 Å². The minimum atomic E-state index is -0.111. The van der Waals surface area contributed by atoms with Crippen LogP contribution in [0.4, 0.5) is 11.8 Å². The molecule has 3 heterocycles. The molecule has 0 unspecified atom stereocenters. The number of rotatable bonds is 4. The number of aromatic nitrogens is 2. The van der Waals surface area contributed by atoms with Crippen LogP contribution in [0.3, 0.4) is 0 Å². The topological polar surface area (TPSA) is 50.7 Å². The molecule has 0 N–H and O–H groups in total. The molecule has 0 radical (unpaired) electrons. The van der Waals surface area contributed by atoms with Gasteiger partial charge in [0, 0.05) is 14.2 Å². The van der Waals surface area contributed by atoms with Crippen molar-refractivity contribution in [3.63, 3.8) is 0 Å². The monoisotopic (exact) mass is 312 g/mol. The first-order chi connectivity index (χ1) is 9.88. The van der Waals surface area contributed by atoms with Gasteiger partial charge in [-0.3, -0.25) is 0 Å². The highest BCUT2D eigenvalue weighted by Crippen LogP contribution is 2.35. The van der Waals surface area contributed by atoms with Crippen molar-refractivity contribution in [3.8, 4) is 0 Å². The second-order valence-corrected chi connectivity index (χ2v) is 6.77. The molecule has 0 atom stereocenters. The van der Waals surface area contributed by atoms with Crippen LogP contribution < -0.4 is 9.80 Å². The van der Waals surface area contributed by atoms with Crippen molar-refractivity contribution in [3.05, 3.63) is 11.2 Å². The lowest BCUT2D eigenvalue weighted by atomic mass is 9.96. The maximum atomic E-state index is 6.24. The van der Waals surface area contributed by atoms with Crippen LogP contribution in [0.25, 0.3) is 0 Å². The Hall–Kier alpha value is -1.11. The lowest BCUT2D eigenvalue weighted by molar-refractivity contribution is -0.0181. The van der Waals surface area contributed by atoms with Crippen molar-refractivity contribution in [2.45, 2.75) is 25.0 Å². The molecule has 21 heavy (non-hydrogen) atoms. The van der Waals surface area contributed by atoms with Crippen molar-refractivity contribution in [1.29, 1.82) is 0 Å². The first-order valence-electron chi connectivity index (χ1n) is 7.01. The Labute approximate surface area is 130 Å². The van der Waals surface area contributed by atoms with E-state index in [1.165, 1.54) is 0 Å². The number of halogens is 1. The molecule has 0 saturated carbocycles. The minimum Gasteiger partial charge on any atom is -0.375 e. The molecule has 3 rings (SSSR count). The van der Waals surface area contributed by atoms with Crippen LogP contribution in [0.2, 0.25) is 5.02 Å². The first kappa shape index (κ1) is 14.8. The van der Waals surface area contributed by atoms with Gasteiger partial charge in [-0.05, 0) is 13.8 Å². The zero-order chi connectivity index (χ0) is 15.3. The molecule has 2 saturated heterocycles. The number of methoxy groups -OCH3 is 2. The van der Waals surface area contributed by atoms with E-state index in [0.717, 1.165) is 32.0 Å². The van der Waals surface area contributed by atoms with E-state index in [0.29, 0.717) is 11.0 Å². The van der Waals surface area contributed by atoms with Gasteiger partial charge in [0.05, 0.1) is 38.0 Å². The molecule has 0 bridgehead atoms. The molecule has 2 aliphatic rings. The predicted molar refractivity (Wildman–Crippen MR) is 82.3 cm³/mol. The molecule has 0 aromatic carbocycles. The Morgan fingerprint density at radius 3 is 2.10 bits per heavy atom. The van der Waals surface area contributed by atoms with Gasteiger partial charge in [0.1, 0.15) is 10.6 Å². The van der Waals surface area contributed by atoms with Crippen LogP contribution in [-0.4, -0.2) is 61.6 Å². The summed E-state index contributed by atoms with van der Waals surface area (Å²) in [6.45, 7) is 7.32. The summed E-state index contributed by atoms with van der Waals surface area (Å²) < 4.78 is 10.9. The quantitative estimate of drug-likeness (QED) is 0.841. The van der Waals surface area contributed by atoms with Gasteiger partial charge in [-0.15, -0.1) is 0 Å². The van der Waals surface area contributed by atoms with Gasteiger partial charge in [-0.25, -0.2) is 4.98 Å². The molecular formula is C14H21ClN4O2. The second kappa shape index (κ2) is 4.97. The highest BCUT2D eigenvalue weighted by molar-refractivity contribution is 6.32. The fourth-order valence-corrected chi connectivity index (χ4v) is 3.01. The zero-order valence-corrected chi connectivity index (χ0v) is 13.6. The van der Waals surface area contributed by atoms with Crippen molar-refractivity contribution < 1.29 is 9.47 Å². The van der Waals surface area contributed by atoms with Gasteiger partial charge in [0.2, 0.25) is 5.95 Å². The number of anilines is 2. The van der Waals surface area contributed by atoms with Gasteiger partial charge in [0.25, 0.3) is 0 Å². The molecule has 0 spiro atoms. The van der Waals surface area contributed by atoms with Crippen LogP contribution in [-0.2, 0) is 9.47 Å². The van der Waals surface area contributed by atoms with Crippen LogP contribution in [0.5, 0.6) is 0 Å². The highest BCUT2D eigenvalue weighted by Gasteiger charge is 2.42. The summed E-state index contributed by atoms with van der Waals surface area (Å²) in [5, 5.41) is 0.576. The fourth-order valence-electron chi connectivity index (χ4n) is 2.79. The van der Waals surface area contributed by atoms with E-state index in [2.05, 4.69) is 33.6 Å². The summed E-state index contributed by atoms with van der Waals surface area (Å²) in [6, 6.07) is 0. The summed E-state index contributed by atoms with van der Waals surface area (Å²) in [6.07, 6.45) is 1.67. The average molecular weight is 313 g/mol. The lowest BCUT2D eigenvalue weighted by Crippen LogP contribution is -2.62. The lowest BCUT2D eigenvalue weighted by Gasteiger charge is -2.49. The van der Waals surface area contributed by atoms with Gasteiger partial charge in [-0.2, -0.15) is 4.98 Å². The molecule has 116 valence electrons. The maximum absolute atomic E-state index is 6.24. The van der Waals surface area contributed by atoms with Crippen LogP contribution >= 0.6 is 11.6 Å². The zero-order valence-electron chi connectivity index (χ0n) is 12.9. The Kier molecular flexibility index (Phi) is 3.50. The summed E-state index contributed by atoms with van der Waals surface area (Å²) in [5.74, 6) is 1.48. The Bertz CT molecular complexity index is 542. The summed E-state index contributed by atoms with van der Waals surface area (Å²) in [5.41, 5.74) is -0.214. The predicted octanol–water partition coefficient (Wildman–Crippen LogP) is 1.58. The fraction of sp³-hybridized carbons (Fsp3) is 0.714. The van der Waals surface area contributed by atoms with Crippen LogP contribution in [0, 0.1) is 0 Å². The van der Waals surface area contributed by atoms with Crippen molar-refractivity contribution in [2.75, 3.05) is 50.2 Å². The van der Waals surface area contributed by atoms with Crippen molar-refractivity contribution in [2.24, 2.45) is 0 Å². The SMILES string of the molecule is COC1(C)CN(c2ncc(Cl)c(N3CC(C)(OC)C3)n2)C1. The molecule has 2 aliphatic heterocycles. The Balaban J connectivity index is 1.73. The van der Waals surface area contributed by atoms with E-state index in [9.17, 15) is 0 Å². The Morgan fingerprint density at radius 2 is 1.57 bits per heavy atom. The van der Waals surface area contributed by atoms with Gasteiger partial charge >= 0.3 is 0 Å². The largest absolute Gasteiger partial charge is 0.375 e. The molecule has 2 fully saturated rings. The van der Waals surface area contributed by atoms with Crippen LogP contribution in [0.15, 0.2) is 6.20 Å². The van der Waals surface area contributed by atoms with Gasteiger partial charge in [0.15, 0.2) is 5.82 Å². The number of hydrogen-bond donors (Lipinski definition) is 0. The summed E-state index contributed by atoms with van der Waals surface area (Å²) >= 11 is 6.24. The Morgan fingerprint density at radius 1 is 1.05 bits per heavy atom. The van der Waals surface area contributed by atoms with E-state index in [4.69, 9.17) is 21.1 Å². The van der Waals surface area contributed by atoms with E-state index in [-0.39, 0.29) is 11.2 Å². The summed E-state index contributed by atoms with van der Waals surface area (Å²) in [7, 11) is 3.47. The summed E-state index contributed by atoms with van der Waals surface area (Å²) in [4.78, 5) is 13.2. The van der Waals surface area contributed by atoms with Gasteiger partial charge < -0.3 is 19.3 Å². The first-order valence-corrected chi connectivity index (χ1v) is 7.39. The highest BCUT2D eigenvalue weighted by atomic mass is 35.5. The molecule has 0 aliphatic carbocycles. The van der Waals surface area contributed by atoms with E-state index in [1.807, 2.05) is 0 Å². The second-order valence-electron chi connectivity index (χ2n) is 6.36. The normalized spacial score (nSPS) is 22.7. The molecule has 0 amide bonds. The molecule has 1 aromatic rings. The smallest absolute Gasteiger partial charge is 0.227 e. The minimum absolute atomic E-state index is 0.103.